The number of carbonyl (C=O) groups is 2. The van der Waals surface area contributed by atoms with E-state index in [1.807, 2.05) is 46.6 Å². The van der Waals surface area contributed by atoms with Gasteiger partial charge in [0.05, 0.1) is 5.92 Å². The van der Waals surface area contributed by atoms with Gasteiger partial charge in [0.15, 0.2) is 0 Å². The lowest BCUT2D eigenvalue weighted by molar-refractivity contribution is -0.135. The second-order valence-electron chi connectivity index (χ2n) is 11.2. The SMILES string of the molecule is CC[C@H](C(=O)N(C)[C@@H]1CCN(C(=O)OC(C)(C)C)C[C@H]1c1ccc(F)cc1C)c1cc(C)cc(C)c1. The Kier molecular flexibility index (Phi) is 8.48. The predicted molar refractivity (Wildman–Crippen MR) is 142 cm³/mol. The molecule has 5 nitrogen and oxygen atoms in total. The van der Waals surface area contributed by atoms with Crippen LogP contribution in [0.5, 0.6) is 0 Å². The van der Waals surface area contributed by atoms with Crippen molar-refractivity contribution >= 4 is 12.0 Å². The first kappa shape index (κ1) is 27.7. The van der Waals surface area contributed by atoms with E-state index in [0.29, 0.717) is 25.9 Å². The van der Waals surface area contributed by atoms with Crippen molar-refractivity contribution in [2.24, 2.45) is 0 Å². The minimum Gasteiger partial charge on any atom is -0.444 e. The number of halogens is 1. The maximum Gasteiger partial charge on any atom is 0.410 e. The predicted octanol–water partition coefficient (Wildman–Crippen LogP) is 6.50. The summed E-state index contributed by atoms with van der Waals surface area (Å²) < 4.78 is 19.6. The number of likely N-dealkylation sites (tertiary alicyclic amines) is 1. The lowest BCUT2D eigenvalue weighted by Crippen LogP contribution is -2.53. The second kappa shape index (κ2) is 11.0. The first-order chi connectivity index (χ1) is 16.8. The van der Waals surface area contributed by atoms with E-state index in [1.165, 1.54) is 12.1 Å². The number of rotatable bonds is 5. The number of hydrogen-bond acceptors (Lipinski definition) is 3. The van der Waals surface area contributed by atoms with E-state index in [1.54, 1.807) is 11.0 Å². The fourth-order valence-corrected chi connectivity index (χ4v) is 5.43. The molecule has 0 bridgehead atoms. The molecule has 1 fully saturated rings. The highest BCUT2D eigenvalue weighted by Crippen LogP contribution is 2.35. The van der Waals surface area contributed by atoms with Gasteiger partial charge >= 0.3 is 6.09 Å². The normalized spacial score (nSPS) is 19.1. The zero-order valence-corrected chi connectivity index (χ0v) is 23.0. The Balaban J connectivity index is 1.93. The molecule has 36 heavy (non-hydrogen) atoms. The molecule has 3 atom stereocenters. The van der Waals surface area contributed by atoms with Crippen LogP contribution in [0.1, 0.15) is 80.2 Å². The van der Waals surface area contributed by atoms with Gasteiger partial charge in [0, 0.05) is 32.1 Å². The molecule has 2 amide bonds. The van der Waals surface area contributed by atoms with Gasteiger partial charge in [-0.1, -0.05) is 42.3 Å². The Labute approximate surface area is 215 Å². The molecule has 1 aliphatic rings. The highest BCUT2D eigenvalue weighted by Gasteiger charge is 2.39. The quantitative estimate of drug-likeness (QED) is 0.475. The molecule has 196 valence electrons. The molecular formula is C30H41FN2O3. The van der Waals surface area contributed by atoms with Gasteiger partial charge in [0.1, 0.15) is 11.4 Å². The second-order valence-corrected chi connectivity index (χ2v) is 11.2. The zero-order valence-electron chi connectivity index (χ0n) is 23.0. The molecule has 1 aliphatic heterocycles. The molecular weight excluding hydrogens is 455 g/mol. The largest absolute Gasteiger partial charge is 0.444 e. The number of amides is 2. The molecule has 0 unspecified atom stereocenters. The van der Waals surface area contributed by atoms with Gasteiger partial charge in [-0.15, -0.1) is 0 Å². The topological polar surface area (TPSA) is 49.9 Å². The summed E-state index contributed by atoms with van der Waals surface area (Å²) in [6.07, 6.45) is 0.955. The highest BCUT2D eigenvalue weighted by molar-refractivity contribution is 5.84. The molecule has 0 spiro atoms. The van der Waals surface area contributed by atoms with Crippen molar-refractivity contribution in [3.63, 3.8) is 0 Å². The molecule has 0 radical (unpaired) electrons. The van der Waals surface area contributed by atoms with Crippen LogP contribution < -0.4 is 0 Å². The van der Waals surface area contributed by atoms with Gasteiger partial charge in [-0.05, 0) is 83.2 Å². The standard InChI is InChI=1S/C30H41FN2O3/c1-9-24(22-15-19(2)14-20(3)16-22)28(34)32(8)27-12-13-33(29(35)36-30(5,6)7)18-26(27)25-11-10-23(31)17-21(25)4/h10-11,14-17,24,26-27H,9,12-13,18H2,1-8H3/t24-,26-,27+/m0/s1. The third-order valence-electron chi connectivity index (χ3n) is 7.06. The van der Waals surface area contributed by atoms with Crippen molar-refractivity contribution in [1.29, 1.82) is 0 Å². The van der Waals surface area contributed by atoms with Gasteiger partial charge < -0.3 is 14.5 Å². The van der Waals surface area contributed by atoms with Crippen LogP contribution in [0.3, 0.4) is 0 Å². The van der Waals surface area contributed by atoms with E-state index in [2.05, 4.69) is 32.0 Å². The summed E-state index contributed by atoms with van der Waals surface area (Å²) in [5.41, 5.74) is 4.50. The highest BCUT2D eigenvalue weighted by atomic mass is 19.1. The van der Waals surface area contributed by atoms with Gasteiger partial charge in [-0.25, -0.2) is 9.18 Å². The summed E-state index contributed by atoms with van der Waals surface area (Å²) in [6.45, 7) is 14.5. The average Bonchev–Trinajstić information content (AvgIpc) is 2.77. The summed E-state index contributed by atoms with van der Waals surface area (Å²) >= 11 is 0. The van der Waals surface area contributed by atoms with Crippen LogP contribution in [0.15, 0.2) is 36.4 Å². The van der Waals surface area contributed by atoms with Crippen molar-refractivity contribution < 1.29 is 18.7 Å². The van der Waals surface area contributed by atoms with Crippen LogP contribution in [0.25, 0.3) is 0 Å². The van der Waals surface area contributed by atoms with Crippen LogP contribution >= 0.6 is 0 Å². The molecule has 0 aromatic heterocycles. The minimum absolute atomic E-state index is 0.0722. The Morgan fingerprint density at radius 3 is 2.31 bits per heavy atom. The van der Waals surface area contributed by atoms with E-state index in [-0.39, 0.29) is 35.7 Å². The van der Waals surface area contributed by atoms with Crippen LogP contribution in [-0.2, 0) is 9.53 Å². The Hall–Kier alpha value is -2.89. The lowest BCUT2D eigenvalue weighted by atomic mass is 9.82. The smallest absolute Gasteiger partial charge is 0.410 e. The number of ether oxygens (including phenoxy) is 1. The van der Waals surface area contributed by atoms with Crippen molar-refractivity contribution in [3.8, 4) is 0 Å². The zero-order chi connectivity index (χ0) is 26.8. The maximum atomic E-state index is 13.9. The molecule has 0 aliphatic carbocycles. The van der Waals surface area contributed by atoms with E-state index in [9.17, 15) is 14.0 Å². The minimum atomic E-state index is -0.595. The average molecular weight is 497 g/mol. The van der Waals surface area contributed by atoms with Crippen molar-refractivity contribution in [2.45, 2.75) is 84.8 Å². The fourth-order valence-electron chi connectivity index (χ4n) is 5.43. The number of carbonyl (C=O) groups excluding carboxylic acids is 2. The summed E-state index contributed by atoms with van der Waals surface area (Å²) in [7, 11) is 1.87. The Bertz CT molecular complexity index is 1090. The third-order valence-corrected chi connectivity index (χ3v) is 7.06. The van der Waals surface area contributed by atoms with Crippen LogP contribution in [0.4, 0.5) is 9.18 Å². The van der Waals surface area contributed by atoms with Crippen LogP contribution in [0, 0.1) is 26.6 Å². The number of aryl methyl sites for hydroxylation is 3. The molecule has 1 saturated heterocycles. The van der Waals surface area contributed by atoms with E-state index in [4.69, 9.17) is 4.74 Å². The molecule has 6 heteroatoms. The van der Waals surface area contributed by atoms with E-state index >= 15 is 0 Å². The van der Waals surface area contributed by atoms with Gasteiger partial charge in [-0.3, -0.25) is 4.79 Å². The van der Waals surface area contributed by atoms with Crippen LogP contribution in [-0.4, -0.2) is 53.6 Å². The molecule has 0 saturated carbocycles. The lowest BCUT2D eigenvalue weighted by Gasteiger charge is -2.44. The first-order valence-electron chi connectivity index (χ1n) is 12.9. The molecule has 1 heterocycles. The van der Waals surface area contributed by atoms with Gasteiger partial charge in [0.2, 0.25) is 5.91 Å². The number of hydrogen-bond donors (Lipinski definition) is 0. The van der Waals surface area contributed by atoms with Gasteiger partial charge in [0.25, 0.3) is 0 Å². The molecule has 2 aromatic rings. The van der Waals surface area contributed by atoms with Crippen molar-refractivity contribution in [2.75, 3.05) is 20.1 Å². The van der Waals surface area contributed by atoms with Crippen molar-refractivity contribution in [3.05, 3.63) is 70.0 Å². The number of piperidine rings is 1. The summed E-state index contributed by atoms with van der Waals surface area (Å²) in [5, 5.41) is 0. The summed E-state index contributed by atoms with van der Waals surface area (Å²) in [4.78, 5) is 30.4. The molecule has 2 aromatic carbocycles. The Morgan fingerprint density at radius 1 is 1.11 bits per heavy atom. The first-order valence-corrected chi connectivity index (χ1v) is 12.9. The van der Waals surface area contributed by atoms with Crippen molar-refractivity contribution in [1.82, 2.24) is 9.80 Å². The Morgan fingerprint density at radius 2 is 1.75 bits per heavy atom. The fraction of sp³-hybridized carbons (Fsp3) is 0.533. The number of likely N-dealkylation sites (N-methyl/N-ethyl adjacent to an activating group) is 1. The van der Waals surface area contributed by atoms with E-state index in [0.717, 1.165) is 27.8 Å². The summed E-state index contributed by atoms with van der Waals surface area (Å²) in [5.74, 6) is -0.620. The number of nitrogens with zero attached hydrogens (tertiary/aromatic N) is 2. The maximum absolute atomic E-state index is 13.9. The molecule has 3 rings (SSSR count). The molecule has 0 N–H and O–H groups in total. The summed E-state index contributed by atoms with van der Waals surface area (Å²) in [6, 6.07) is 11.0. The third kappa shape index (κ3) is 6.45. The number of benzene rings is 2. The monoisotopic (exact) mass is 496 g/mol. The van der Waals surface area contributed by atoms with Crippen LogP contribution in [0.2, 0.25) is 0 Å². The van der Waals surface area contributed by atoms with Gasteiger partial charge in [-0.2, -0.15) is 0 Å². The van der Waals surface area contributed by atoms with E-state index < -0.39 is 5.60 Å².